The second-order valence-corrected chi connectivity index (χ2v) is 6.85. The smallest absolute Gasteiger partial charge is 0.348 e. The van der Waals surface area contributed by atoms with Crippen LogP contribution in [0.5, 0.6) is 5.75 Å². The summed E-state index contributed by atoms with van der Waals surface area (Å²) in [5.74, 6) is -0.760. The number of carbonyl (C=O) groups excluding carboxylic acids is 1. The van der Waals surface area contributed by atoms with Gasteiger partial charge in [-0.05, 0) is 42.8 Å². The average molecular weight is 387 g/mol. The lowest BCUT2D eigenvalue weighted by atomic mass is 9.88. The lowest BCUT2D eigenvalue weighted by Gasteiger charge is -2.18. The molecule has 6 nitrogen and oxygen atoms in total. The molecule has 0 saturated heterocycles. The number of hydrogen-bond donors (Lipinski definition) is 0. The molecule has 0 radical (unpaired) electrons. The number of hydrogen-bond acceptors (Lipinski definition) is 6. The quantitative estimate of drug-likeness (QED) is 0.393. The van der Waals surface area contributed by atoms with Crippen LogP contribution in [0.3, 0.4) is 0 Å². The van der Waals surface area contributed by atoms with Crippen LogP contribution in [-0.2, 0) is 9.53 Å². The molecular formula is C23H17NO5. The van der Waals surface area contributed by atoms with E-state index in [9.17, 15) is 9.59 Å². The van der Waals surface area contributed by atoms with Gasteiger partial charge in [0.05, 0.1) is 29.0 Å². The second kappa shape index (κ2) is 6.74. The molecule has 0 spiro atoms. The molecule has 4 aromatic rings. The maximum absolute atomic E-state index is 12.9. The molecule has 6 heteroatoms. The third-order valence-corrected chi connectivity index (χ3v) is 5.16. The summed E-state index contributed by atoms with van der Waals surface area (Å²) >= 11 is 0. The first-order valence-corrected chi connectivity index (χ1v) is 9.41. The zero-order chi connectivity index (χ0) is 20.0. The van der Waals surface area contributed by atoms with Gasteiger partial charge in [-0.15, -0.1) is 0 Å². The van der Waals surface area contributed by atoms with E-state index < -0.39 is 23.6 Å². The van der Waals surface area contributed by atoms with Crippen LogP contribution < -0.4 is 10.4 Å². The number of ether oxygens (including phenoxy) is 2. The summed E-state index contributed by atoms with van der Waals surface area (Å²) in [5, 5.41) is 1.56. The van der Waals surface area contributed by atoms with Crippen LogP contribution in [0.1, 0.15) is 24.0 Å². The zero-order valence-electron chi connectivity index (χ0n) is 15.6. The fourth-order valence-corrected chi connectivity index (χ4v) is 3.91. The Hall–Kier alpha value is -3.67. The molecule has 2 atom stereocenters. The minimum atomic E-state index is -0.965. The van der Waals surface area contributed by atoms with Crippen LogP contribution in [0.25, 0.3) is 21.9 Å². The molecule has 2 aromatic carbocycles. The van der Waals surface area contributed by atoms with E-state index in [1.807, 2.05) is 42.5 Å². The molecule has 0 amide bonds. The molecule has 1 aliphatic heterocycles. The van der Waals surface area contributed by atoms with Crippen LogP contribution >= 0.6 is 0 Å². The standard InChI is InChI=1S/C23H17NO5/c1-2-27-23(26)21-18(14-9-10-16-13(12-14)6-5-11-24-16)19-20(29-21)15-7-3-4-8-17(15)28-22(19)25/h3-12,18,21H,2H2,1H3/t18-,21+/m0/s1. The fourth-order valence-electron chi connectivity index (χ4n) is 3.91. The summed E-state index contributed by atoms with van der Waals surface area (Å²) in [7, 11) is 0. The lowest BCUT2D eigenvalue weighted by molar-refractivity contribution is -0.151. The highest BCUT2D eigenvalue weighted by Crippen LogP contribution is 2.44. The van der Waals surface area contributed by atoms with Crippen molar-refractivity contribution in [3.63, 3.8) is 0 Å². The van der Waals surface area contributed by atoms with E-state index in [1.54, 1.807) is 25.3 Å². The van der Waals surface area contributed by atoms with E-state index in [0.29, 0.717) is 22.3 Å². The summed E-state index contributed by atoms with van der Waals surface area (Å²) in [6, 6.07) is 16.6. The Morgan fingerprint density at radius 2 is 2.00 bits per heavy atom. The SMILES string of the molecule is CCOC(=O)[C@@H]1Oc2c(c(=O)oc3ccccc23)[C@@H]1c1ccc2ncccc2c1. The Kier molecular flexibility index (Phi) is 4.05. The van der Waals surface area contributed by atoms with Crippen molar-refractivity contribution in [1.29, 1.82) is 0 Å². The van der Waals surface area contributed by atoms with E-state index in [-0.39, 0.29) is 6.61 Å². The molecule has 144 valence electrons. The van der Waals surface area contributed by atoms with Crippen molar-refractivity contribution in [3.05, 3.63) is 82.3 Å². The number of pyridine rings is 1. The molecule has 0 bridgehead atoms. The number of aromatic nitrogens is 1. The van der Waals surface area contributed by atoms with Gasteiger partial charge in [-0.2, -0.15) is 0 Å². The normalized spacial score (nSPS) is 17.8. The van der Waals surface area contributed by atoms with Gasteiger partial charge in [0.25, 0.3) is 0 Å². The Morgan fingerprint density at radius 1 is 1.14 bits per heavy atom. The molecule has 1 aliphatic rings. The maximum atomic E-state index is 12.9. The first kappa shape index (κ1) is 17.4. The highest BCUT2D eigenvalue weighted by atomic mass is 16.6. The minimum absolute atomic E-state index is 0.221. The number of rotatable bonds is 3. The third-order valence-electron chi connectivity index (χ3n) is 5.16. The van der Waals surface area contributed by atoms with Gasteiger partial charge in [-0.3, -0.25) is 4.98 Å². The molecule has 0 N–H and O–H groups in total. The molecule has 0 fully saturated rings. The topological polar surface area (TPSA) is 78.6 Å². The van der Waals surface area contributed by atoms with Gasteiger partial charge in [0, 0.05) is 11.6 Å². The zero-order valence-corrected chi connectivity index (χ0v) is 15.6. The Morgan fingerprint density at radius 3 is 2.86 bits per heavy atom. The minimum Gasteiger partial charge on any atom is -0.476 e. The molecule has 0 aliphatic carbocycles. The van der Waals surface area contributed by atoms with Crippen molar-refractivity contribution >= 4 is 27.8 Å². The molecule has 5 rings (SSSR count). The molecule has 0 unspecified atom stereocenters. The first-order chi connectivity index (χ1) is 14.2. The van der Waals surface area contributed by atoms with E-state index in [1.165, 1.54) is 0 Å². The number of benzene rings is 2. The fraction of sp³-hybridized carbons (Fsp3) is 0.174. The van der Waals surface area contributed by atoms with E-state index >= 15 is 0 Å². The van der Waals surface area contributed by atoms with Crippen molar-refractivity contribution in [1.82, 2.24) is 4.98 Å². The predicted octanol–water partition coefficient (Wildman–Crippen LogP) is 3.80. The van der Waals surface area contributed by atoms with Crippen molar-refractivity contribution in [3.8, 4) is 5.75 Å². The van der Waals surface area contributed by atoms with Gasteiger partial charge in [-0.1, -0.05) is 24.3 Å². The van der Waals surface area contributed by atoms with Gasteiger partial charge in [0.1, 0.15) is 11.3 Å². The number of carbonyl (C=O) groups is 1. The molecule has 0 saturated carbocycles. The van der Waals surface area contributed by atoms with Gasteiger partial charge in [-0.25, -0.2) is 9.59 Å². The third kappa shape index (κ3) is 2.76. The maximum Gasteiger partial charge on any atom is 0.348 e. The molecule has 3 heterocycles. The monoisotopic (exact) mass is 387 g/mol. The lowest BCUT2D eigenvalue weighted by Crippen LogP contribution is -2.32. The van der Waals surface area contributed by atoms with Crippen LogP contribution in [-0.4, -0.2) is 23.7 Å². The summed E-state index contributed by atoms with van der Waals surface area (Å²) in [5.41, 5.74) is 1.84. The van der Waals surface area contributed by atoms with Crippen LogP contribution in [0.15, 0.2) is 70.0 Å². The van der Waals surface area contributed by atoms with Crippen molar-refractivity contribution < 1.29 is 18.7 Å². The van der Waals surface area contributed by atoms with Gasteiger partial charge in [0.15, 0.2) is 0 Å². The van der Waals surface area contributed by atoms with Crippen LogP contribution in [0, 0.1) is 0 Å². The van der Waals surface area contributed by atoms with Crippen LogP contribution in [0.4, 0.5) is 0 Å². The highest BCUT2D eigenvalue weighted by molar-refractivity contribution is 5.89. The van der Waals surface area contributed by atoms with E-state index in [4.69, 9.17) is 13.9 Å². The van der Waals surface area contributed by atoms with Gasteiger partial charge >= 0.3 is 11.6 Å². The molecular weight excluding hydrogens is 370 g/mol. The van der Waals surface area contributed by atoms with E-state index in [2.05, 4.69) is 4.98 Å². The van der Waals surface area contributed by atoms with Gasteiger partial charge < -0.3 is 13.9 Å². The van der Waals surface area contributed by atoms with Crippen molar-refractivity contribution in [2.24, 2.45) is 0 Å². The Bertz CT molecular complexity index is 1310. The van der Waals surface area contributed by atoms with Gasteiger partial charge in [0.2, 0.25) is 6.10 Å². The number of para-hydroxylation sites is 1. The van der Waals surface area contributed by atoms with Crippen molar-refractivity contribution in [2.75, 3.05) is 6.61 Å². The second-order valence-electron chi connectivity index (χ2n) is 6.85. The molecule has 2 aromatic heterocycles. The first-order valence-electron chi connectivity index (χ1n) is 9.41. The summed E-state index contributed by atoms with van der Waals surface area (Å²) in [6.07, 6.45) is 0.755. The molecule has 29 heavy (non-hydrogen) atoms. The summed E-state index contributed by atoms with van der Waals surface area (Å²) < 4.78 is 16.8. The highest BCUT2D eigenvalue weighted by Gasteiger charge is 2.45. The number of nitrogens with zero attached hydrogens (tertiary/aromatic N) is 1. The number of fused-ring (bicyclic) bond motifs is 4. The predicted molar refractivity (Wildman–Crippen MR) is 107 cm³/mol. The van der Waals surface area contributed by atoms with Crippen molar-refractivity contribution in [2.45, 2.75) is 18.9 Å². The number of esters is 1. The summed E-state index contributed by atoms with van der Waals surface area (Å²) in [4.78, 5) is 29.9. The van der Waals surface area contributed by atoms with Crippen LogP contribution in [0.2, 0.25) is 0 Å². The van der Waals surface area contributed by atoms with E-state index in [0.717, 1.165) is 16.5 Å². The largest absolute Gasteiger partial charge is 0.476 e. The Balaban J connectivity index is 1.75. The Labute approximate surface area is 165 Å². The summed E-state index contributed by atoms with van der Waals surface area (Å²) in [6.45, 7) is 1.96. The average Bonchev–Trinajstić information content (AvgIpc) is 3.15.